The van der Waals surface area contributed by atoms with Crippen molar-refractivity contribution in [2.24, 2.45) is 5.41 Å². The fourth-order valence-electron chi connectivity index (χ4n) is 1.97. The van der Waals surface area contributed by atoms with E-state index in [1.54, 1.807) is 4.90 Å². The Morgan fingerprint density at radius 3 is 2.60 bits per heavy atom. The third kappa shape index (κ3) is 4.76. The summed E-state index contributed by atoms with van der Waals surface area (Å²) in [4.78, 5) is 25.6. The minimum atomic E-state index is -0.447. The molecule has 1 heterocycles. The van der Waals surface area contributed by atoms with E-state index in [-0.39, 0.29) is 37.0 Å². The van der Waals surface area contributed by atoms with Crippen LogP contribution in [0.15, 0.2) is 0 Å². The van der Waals surface area contributed by atoms with Gasteiger partial charge in [0.25, 0.3) is 0 Å². The van der Waals surface area contributed by atoms with Gasteiger partial charge in [-0.05, 0) is 6.92 Å². The van der Waals surface area contributed by atoms with E-state index in [1.165, 1.54) is 0 Å². The predicted octanol–water partition coefficient (Wildman–Crippen LogP) is 0.147. The zero-order valence-corrected chi connectivity index (χ0v) is 12.8. The predicted molar refractivity (Wildman–Crippen MR) is 75.1 cm³/mol. The maximum Gasteiger partial charge on any atom is 0.225 e. The second-order valence-electron chi connectivity index (χ2n) is 6.29. The Balaban J connectivity index is 2.40. The lowest BCUT2D eigenvalue weighted by atomic mass is 9.96. The van der Waals surface area contributed by atoms with Crippen LogP contribution in [-0.4, -0.2) is 60.3 Å². The molecule has 2 amide bonds. The van der Waals surface area contributed by atoms with Gasteiger partial charge in [-0.3, -0.25) is 9.59 Å². The highest BCUT2D eigenvalue weighted by Crippen LogP contribution is 2.14. The Bertz CT molecular complexity index is 352. The molecule has 0 saturated carbocycles. The molecule has 0 aliphatic carbocycles. The van der Waals surface area contributed by atoms with E-state index >= 15 is 0 Å². The number of hydrogen-bond acceptors (Lipinski definition) is 4. The summed E-state index contributed by atoms with van der Waals surface area (Å²) < 4.78 is 5.39. The number of rotatable bonds is 4. The van der Waals surface area contributed by atoms with Crippen molar-refractivity contribution >= 4 is 11.8 Å². The van der Waals surface area contributed by atoms with Gasteiger partial charge in [0.15, 0.2) is 0 Å². The van der Waals surface area contributed by atoms with Crippen molar-refractivity contribution in [2.45, 2.75) is 46.3 Å². The Kier molecular flexibility index (Phi) is 5.95. The summed E-state index contributed by atoms with van der Waals surface area (Å²) in [5.41, 5.74) is -0.447. The van der Waals surface area contributed by atoms with Gasteiger partial charge in [-0.1, -0.05) is 20.8 Å². The van der Waals surface area contributed by atoms with Crippen LogP contribution in [-0.2, 0) is 14.3 Å². The summed E-state index contributed by atoms with van der Waals surface area (Å²) in [7, 11) is 0. The van der Waals surface area contributed by atoms with Gasteiger partial charge in [-0.15, -0.1) is 0 Å². The molecule has 0 aromatic rings. The minimum Gasteiger partial charge on any atom is -0.394 e. The van der Waals surface area contributed by atoms with E-state index in [4.69, 9.17) is 9.84 Å². The normalized spacial score (nSPS) is 23.6. The molecule has 116 valence electrons. The smallest absolute Gasteiger partial charge is 0.225 e. The van der Waals surface area contributed by atoms with Crippen LogP contribution in [0.1, 0.15) is 34.1 Å². The summed E-state index contributed by atoms with van der Waals surface area (Å²) in [6.45, 7) is 8.51. The van der Waals surface area contributed by atoms with Crippen LogP contribution in [0, 0.1) is 5.41 Å². The molecule has 6 nitrogen and oxygen atoms in total. The van der Waals surface area contributed by atoms with E-state index in [0.29, 0.717) is 19.7 Å². The van der Waals surface area contributed by atoms with Crippen LogP contribution >= 0.6 is 0 Å². The Hall–Kier alpha value is -1.14. The lowest BCUT2D eigenvalue weighted by molar-refractivity contribution is -0.146. The van der Waals surface area contributed by atoms with Crippen LogP contribution in [0.3, 0.4) is 0 Å². The quantitative estimate of drug-likeness (QED) is 0.771. The van der Waals surface area contributed by atoms with E-state index < -0.39 is 5.41 Å². The summed E-state index contributed by atoms with van der Waals surface area (Å²) in [5, 5.41) is 11.9. The Morgan fingerprint density at radius 2 is 2.05 bits per heavy atom. The number of hydrogen-bond donors (Lipinski definition) is 2. The third-order valence-corrected chi connectivity index (χ3v) is 3.34. The molecule has 1 aliphatic rings. The molecule has 1 fully saturated rings. The molecule has 0 aromatic carbocycles. The topological polar surface area (TPSA) is 78.9 Å². The van der Waals surface area contributed by atoms with Crippen molar-refractivity contribution in [2.75, 3.05) is 26.3 Å². The SMILES string of the molecule is CC1COC(CO)CN1C(=O)CCNC(=O)C(C)(C)C. The van der Waals surface area contributed by atoms with Crippen molar-refractivity contribution in [3.8, 4) is 0 Å². The van der Waals surface area contributed by atoms with Gasteiger partial charge >= 0.3 is 0 Å². The number of nitrogens with zero attached hydrogens (tertiary/aromatic N) is 1. The standard InChI is InChI=1S/C14H26N2O4/c1-10-9-20-11(8-17)7-16(10)12(18)5-6-15-13(19)14(2,3)4/h10-11,17H,5-9H2,1-4H3,(H,15,19). The molecule has 0 aromatic heterocycles. The molecule has 2 N–H and O–H groups in total. The highest BCUT2D eigenvalue weighted by molar-refractivity contribution is 5.82. The second kappa shape index (κ2) is 7.04. The van der Waals surface area contributed by atoms with Crippen LogP contribution in [0.5, 0.6) is 0 Å². The minimum absolute atomic E-state index is 0.00335. The number of nitrogens with one attached hydrogen (secondary N) is 1. The van der Waals surface area contributed by atoms with Crippen LogP contribution in [0.4, 0.5) is 0 Å². The van der Waals surface area contributed by atoms with Crippen molar-refractivity contribution in [3.05, 3.63) is 0 Å². The number of carbonyl (C=O) groups excluding carboxylic acids is 2. The summed E-state index contributed by atoms with van der Waals surface area (Å²) in [5.74, 6) is -0.0815. The molecule has 0 radical (unpaired) electrons. The molecule has 6 heteroatoms. The van der Waals surface area contributed by atoms with Gasteiger partial charge < -0.3 is 20.1 Å². The number of aliphatic hydroxyl groups excluding tert-OH is 1. The molecular formula is C14H26N2O4. The first kappa shape index (κ1) is 16.9. The number of carbonyl (C=O) groups is 2. The first-order valence-corrected chi connectivity index (χ1v) is 7.06. The molecule has 20 heavy (non-hydrogen) atoms. The van der Waals surface area contributed by atoms with Crippen molar-refractivity contribution in [3.63, 3.8) is 0 Å². The molecule has 2 atom stereocenters. The number of morpholine rings is 1. The molecular weight excluding hydrogens is 260 g/mol. The molecule has 1 saturated heterocycles. The lowest BCUT2D eigenvalue weighted by Gasteiger charge is -2.37. The molecule has 1 aliphatic heterocycles. The van der Waals surface area contributed by atoms with Gasteiger partial charge in [0.1, 0.15) is 0 Å². The average molecular weight is 286 g/mol. The first-order valence-electron chi connectivity index (χ1n) is 7.06. The maximum absolute atomic E-state index is 12.1. The van der Waals surface area contributed by atoms with Gasteiger partial charge in [0, 0.05) is 24.9 Å². The maximum atomic E-state index is 12.1. The fourth-order valence-corrected chi connectivity index (χ4v) is 1.97. The van der Waals surface area contributed by atoms with Crippen LogP contribution < -0.4 is 5.32 Å². The van der Waals surface area contributed by atoms with E-state index in [1.807, 2.05) is 27.7 Å². The average Bonchev–Trinajstić information content (AvgIpc) is 2.37. The van der Waals surface area contributed by atoms with Crippen LogP contribution in [0.25, 0.3) is 0 Å². The van der Waals surface area contributed by atoms with Gasteiger partial charge in [-0.25, -0.2) is 0 Å². The van der Waals surface area contributed by atoms with E-state index in [9.17, 15) is 9.59 Å². The lowest BCUT2D eigenvalue weighted by Crippen LogP contribution is -2.52. The Labute approximate surface area is 120 Å². The number of aliphatic hydroxyl groups is 1. The third-order valence-electron chi connectivity index (χ3n) is 3.34. The summed E-state index contributed by atoms with van der Waals surface area (Å²) in [6, 6.07) is 0.00335. The molecule has 2 unspecified atom stereocenters. The monoisotopic (exact) mass is 286 g/mol. The number of amides is 2. The first-order chi connectivity index (χ1) is 9.25. The van der Waals surface area contributed by atoms with Gasteiger partial charge in [-0.2, -0.15) is 0 Å². The molecule has 0 spiro atoms. The van der Waals surface area contributed by atoms with Gasteiger partial charge in [0.2, 0.25) is 11.8 Å². The second-order valence-corrected chi connectivity index (χ2v) is 6.29. The zero-order chi connectivity index (χ0) is 15.3. The molecule has 1 rings (SSSR count). The van der Waals surface area contributed by atoms with Crippen molar-refractivity contribution in [1.82, 2.24) is 10.2 Å². The molecule has 0 bridgehead atoms. The Morgan fingerprint density at radius 1 is 1.40 bits per heavy atom. The van der Waals surface area contributed by atoms with E-state index in [2.05, 4.69) is 5.32 Å². The summed E-state index contributed by atoms with van der Waals surface area (Å²) >= 11 is 0. The highest BCUT2D eigenvalue weighted by atomic mass is 16.5. The van der Waals surface area contributed by atoms with Crippen LogP contribution in [0.2, 0.25) is 0 Å². The summed E-state index contributed by atoms with van der Waals surface area (Å²) in [6.07, 6.45) is -0.0380. The number of ether oxygens (including phenoxy) is 1. The van der Waals surface area contributed by atoms with Crippen molar-refractivity contribution < 1.29 is 19.4 Å². The van der Waals surface area contributed by atoms with Gasteiger partial charge in [0.05, 0.1) is 25.4 Å². The van der Waals surface area contributed by atoms with Crippen molar-refractivity contribution in [1.29, 1.82) is 0 Å². The highest BCUT2D eigenvalue weighted by Gasteiger charge is 2.29. The zero-order valence-electron chi connectivity index (χ0n) is 12.8. The largest absolute Gasteiger partial charge is 0.394 e. The van der Waals surface area contributed by atoms with E-state index in [0.717, 1.165) is 0 Å². The fraction of sp³-hybridized carbons (Fsp3) is 0.857.